The maximum atomic E-state index is 4.46. The van der Waals surface area contributed by atoms with Crippen LogP contribution in [0.3, 0.4) is 0 Å². The Kier molecular flexibility index (Phi) is 1.75. The predicted molar refractivity (Wildman–Crippen MR) is 47.6 cm³/mol. The van der Waals surface area contributed by atoms with Gasteiger partial charge in [-0.1, -0.05) is 0 Å². The zero-order valence-electron chi connectivity index (χ0n) is 6.55. The molecule has 0 unspecified atom stereocenters. The first-order valence-electron chi connectivity index (χ1n) is 4.04. The molecular formula is C8H11BrN2. The molecule has 1 aliphatic carbocycles. The molecule has 1 fully saturated rings. The van der Waals surface area contributed by atoms with Crippen molar-refractivity contribution in [2.75, 3.05) is 0 Å². The highest BCUT2D eigenvalue weighted by molar-refractivity contribution is 9.10. The van der Waals surface area contributed by atoms with Crippen LogP contribution in [0.15, 0.2) is 10.7 Å². The summed E-state index contributed by atoms with van der Waals surface area (Å²) < 4.78 is 3.11. The van der Waals surface area contributed by atoms with Crippen molar-refractivity contribution in [3.63, 3.8) is 0 Å². The molecule has 0 aliphatic heterocycles. The van der Waals surface area contributed by atoms with Gasteiger partial charge in [0.25, 0.3) is 0 Å². The molecule has 0 atom stereocenters. The molecule has 0 saturated heterocycles. The van der Waals surface area contributed by atoms with Crippen LogP contribution in [0.2, 0.25) is 0 Å². The lowest BCUT2D eigenvalue weighted by molar-refractivity contribution is 0.634. The van der Waals surface area contributed by atoms with Gasteiger partial charge in [-0.15, -0.1) is 0 Å². The topological polar surface area (TPSA) is 17.8 Å². The van der Waals surface area contributed by atoms with Crippen LogP contribution in [0, 0.1) is 0 Å². The second-order valence-corrected chi connectivity index (χ2v) is 3.79. The van der Waals surface area contributed by atoms with Gasteiger partial charge in [-0.2, -0.15) is 5.10 Å². The summed E-state index contributed by atoms with van der Waals surface area (Å²) in [4.78, 5) is 0. The number of aromatic nitrogens is 2. The molecule has 0 amide bonds. The van der Waals surface area contributed by atoms with Gasteiger partial charge in [-0.3, -0.25) is 4.68 Å². The molecule has 0 spiro atoms. The molecule has 11 heavy (non-hydrogen) atoms. The molecule has 1 heterocycles. The van der Waals surface area contributed by atoms with E-state index in [9.17, 15) is 0 Å². The summed E-state index contributed by atoms with van der Waals surface area (Å²) in [6.07, 6.45) is 2.65. The van der Waals surface area contributed by atoms with Crippen LogP contribution in [-0.2, 0) is 6.54 Å². The molecule has 1 aromatic rings. The summed E-state index contributed by atoms with van der Waals surface area (Å²) in [5, 5.41) is 4.46. The number of aryl methyl sites for hydroxylation is 1. The normalized spacial score (nSPS) is 17.3. The van der Waals surface area contributed by atoms with Gasteiger partial charge in [0.2, 0.25) is 0 Å². The highest BCUT2D eigenvalue weighted by Gasteiger charge is 2.26. The zero-order chi connectivity index (χ0) is 7.84. The largest absolute Gasteiger partial charge is 0.258 e. The average Bonchev–Trinajstić information content (AvgIpc) is 2.76. The van der Waals surface area contributed by atoms with Crippen LogP contribution in [0.5, 0.6) is 0 Å². The highest BCUT2D eigenvalue weighted by Crippen LogP contribution is 2.39. The maximum absolute atomic E-state index is 4.46. The van der Waals surface area contributed by atoms with E-state index in [2.05, 4.69) is 34.0 Å². The Bertz CT molecular complexity index is 263. The maximum Gasteiger partial charge on any atom is 0.104 e. The van der Waals surface area contributed by atoms with Crippen LogP contribution in [0.1, 0.15) is 31.4 Å². The zero-order valence-corrected chi connectivity index (χ0v) is 8.13. The van der Waals surface area contributed by atoms with Gasteiger partial charge in [0.15, 0.2) is 0 Å². The molecule has 2 rings (SSSR count). The minimum Gasteiger partial charge on any atom is -0.258 e. The number of halogens is 1. The third-order valence-electron chi connectivity index (χ3n) is 2.04. The quantitative estimate of drug-likeness (QED) is 0.741. The Morgan fingerprint density at radius 3 is 2.91 bits per heavy atom. The first-order chi connectivity index (χ1) is 5.31. The van der Waals surface area contributed by atoms with Crippen LogP contribution < -0.4 is 0 Å². The molecule has 0 aromatic carbocycles. The van der Waals surface area contributed by atoms with Crippen LogP contribution in [-0.4, -0.2) is 9.78 Å². The lowest BCUT2D eigenvalue weighted by Gasteiger charge is -1.94. The first-order valence-corrected chi connectivity index (χ1v) is 4.84. The van der Waals surface area contributed by atoms with Crippen molar-refractivity contribution in [1.29, 1.82) is 0 Å². The second-order valence-electron chi connectivity index (χ2n) is 2.98. The monoisotopic (exact) mass is 214 g/mol. The van der Waals surface area contributed by atoms with Crippen molar-refractivity contribution in [2.24, 2.45) is 0 Å². The van der Waals surface area contributed by atoms with E-state index in [1.165, 1.54) is 18.5 Å². The molecule has 1 saturated carbocycles. The lowest BCUT2D eigenvalue weighted by Crippen LogP contribution is -1.96. The van der Waals surface area contributed by atoms with Gasteiger partial charge < -0.3 is 0 Å². The molecule has 0 N–H and O–H groups in total. The van der Waals surface area contributed by atoms with E-state index in [0.29, 0.717) is 0 Å². The van der Waals surface area contributed by atoms with Gasteiger partial charge in [-0.25, -0.2) is 0 Å². The van der Waals surface area contributed by atoms with Crippen LogP contribution >= 0.6 is 15.9 Å². The molecular weight excluding hydrogens is 204 g/mol. The minimum atomic E-state index is 0.763. The van der Waals surface area contributed by atoms with Gasteiger partial charge in [0.05, 0.1) is 5.69 Å². The Balaban J connectivity index is 2.28. The van der Waals surface area contributed by atoms with Gasteiger partial charge in [0.1, 0.15) is 4.60 Å². The number of rotatable bonds is 2. The first kappa shape index (κ1) is 7.35. The van der Waals surface area contributed by atoms with E-state index in [1.807, 2.05) is 4.68 Å². The van der Waals surface area contributed by atoms with E-state index in [0.717, 1.165) is 17.1 Å². The molecule has 2 nitrogen and oxygen atoms in total. The predicted octanol–water partition coefficient (Wildman–Crippen LogP) is 2.54. The Hall–Kier alpha value is -0.310. The Labute approximate surface area is 74.7 Å². The lowest BCUT2D eigenvalue weighted by atomic mass is 10.3. The summed E-state index contributed by atoms with van der Waals surface area (Å²) in [5.74, 6) is 0.763. The Morgan fingerprint density at radius 2 is 2.45 bits per heavy atom. The SMILES string of the molecule is CCn1nc(C2CC2)cc1Br. The Morgan fingerprint density at radius 1 is 1.73 bits per heavy atom. The van der Waals surface area contributed by atoms with Crippen LogP contribution in [0.25, 0.3) is 0 Å². The summed E-state index contributed by atoms with van der Waals surface area (Å²) >= 11 is 3.47. The number of hydrogen-bond acceptors (Lipinski definition) is 1. The molecule has 1 aliphatic rings. The molecule has 0 radical (unpaired) electrons. The van der Waals surface area contributed by atoms with Crippen molar-refractivity contribution < 1.29 is 0 Å². The average molecular weight is 215 g/mol. The summed E-state index contributed by atoms with van der Waals surface area (Å²) in [7, 11) is 0. The van der Waals surface area contributed by atoms with E-state index in [4.69, 9.17) is 0 Å². The molecule has 0 bridgehead atoms. The van der Waals surface area contributed by atoms with E-state index < -0.39 is 0 Å². The third-order valence-corrected chi connectivity index (χ3v) is 2.68. The summed E-state index contributed by atoms with van der Waals surface area (Å²) in [6.45, 7) is 3.06. The fourth-order valence-corrected chi connectivity index (χ4v) is 1.78. The standard InChI is InChI=1S/C8H11BrN2/c1-2-11-8(9)5-7(10-11)6-3-4-6/h5-6H,2-4H2,1H3. The van der Waals surface area contributed by atoms with E-state index >= 15 is 0 Å². The van der Waals surface area contributed by atoms with Crippen molar-refractivity contribution in [3.05, 3.63) is 16.4 Å². The summed E-state index contributed by atoms with van der Waals surface area (Å²) in [6, 6.07) is 2.14. The second kappa shape index (κ2) is 2.63. The highest BCUT2D eigenvalue weighted by atomic mass is 79.9. The smallest absolute Gasteiger partial charge is 0.104 e. The minimum absolute atomic E-state index is 0.763. The molecule has 60 valence electrons. The van der Waals surface area contributed by atoms with Crippen molar-refractivity contribution in [1.82, 2.24) is 9.78 Å². The number of hydrogen-bond donors (Lipinski definition) is 0. The van der Waals surface area contributed by atoms with Crippen molar-refractivity contribution in [3.8, 4) is 0 Å². The van der Waals surface area contributed by atoms with Crippen molar-refractivity contribution >= 4 is 15.9 Å². The fourth-order valence-electron chi connectivity index (χ4n) is 1.21. The van der Waals surface area contributed by atoms with Gasteiger partial charge >= 0.3 is 0 Å². The molecule has 1 aromatic heterocycles. The van der Waals surface area contributed by atoms with E-state index in [1.54, 1.807) is 0 Å². The van der Waals surface area contributed by atoms with E-state index in [-0.39, 0.29) is 0 Å². The molecule has 3 heteroatoms. The van der Waals surface area contributed by atoms with Gasteiger partial charge in [0, 0.05) is 12.5 Å². The van der Waals surface area contributed by atoms with Crippen molar-refractivity contribution in [2.45, 2.75) is 32.2 Å². The van der Waals surface area contributed by atoms with Gasteiger partial charge in [-0.05, 0) is 41.8 Å². The third kappa shape index (κ3) is 1.34. The fraction of sp³-hybridized carbons (Fsp3) is 0.625. The number of nitrogens with zero attached hydrogens (tertiary/aromatic N) is 2. The summed E-state index contributed by atoms with van der Waals surface area (Å²) in [5.41, 5.74) is 1.26. The van der Waals surface area contributed by atoms with Crippen LogP contribution in [0.4, 0.5) is 0 Å².